The number of rotatable bonds is 5. The zero-order valence-corrected chi connectivity index (χ0v) is 11.5. The molecule has 0 heterocycles. The molecule has 0 aliphatic heterocycles. The molecule has 0 aromatic heterocycles. The molecule has 1 aliphatic carbocycles. The lowest BCUT2D eigenvalue weighted by Gasteiger charge is -2.15. The molecule has 0 bridgehead atoms. The van der Waals surface area contributed by atoms with Gasteiger partial charge in [-0.15, -0.1) is 0 Å². The molecule has 1 fully saturated rings. The molecule has 0 amide bonds. The molecule has 1 aromatic carbocycles. The van der Waals surface area contributed by atoms with Gasteiger partial charge in [-0.3, -0.25) is 4.72 Å². The lowest BCUT2D eigenvalue weighted by atomic mass is 10.1. The van der Waals surface area contributed by atoms with Gasteiger partial charge in [0.15, 0.2) is 0 Å². The molecule has 7 heteroatoms. The topological polar surface area (TPSA) is 81.4 Å². The second-order valence-electron chi connectivity index (χ2n) is 4.09. The molecule has 2 rings (SSSR count). The van der Waals surface area contributed by atoms with E-state index in [0.29, 0.717) is 29.8 Å². The maximum atomic E-state index is 12.0. The summed E-state index contributed by atoms with van der Waals surface area (Å²) in [5.74, 6) is 0.407. The highest BCUT2D eigenvalue weighted by molar-refractivity contribution is 7.93. The van der Waals surface area contributed by atoms with Gasteiger partial charge in [-0.2, -0.15) is 0 Å². The lowest BCUT2D eigenvalue weighted by Crippen LogP contribution is -2.21. The van der Waals surface area contributed by atoms with Crippen molar-refractivity contribution in [2.45, 2.75) is 18.1 Å². The molecular weight excluding hydrogens is 272 g/mol. The van der Waals surface area contributed by atoms with E-state index in [1.165, 1.54) is 7.11 Å². The minimum atomic E-state index is -3.37. The van der Waals surface area contributed by atoms with Crippen LogP contribution in [0.15, 0.2) is 18.2 Å². The van der Waals surface area contributed by atoms with E-state index < -0.39 is 10.0 Å². The number of hydrogen-bond donors (Lipinski definition) is 2. The van der Waals surface area contributed by atoms with Crippen LogP contribution in [0.1, 0.15) is 18.4 Å². The van der Waals surface area contributed by atoms with Crippen LogP contribution < -0.4 is 15.2 Å². The number of sulfonamides is 1. The van der Waals surface area contributed by atoms with Crippen LogP contribution in [0, 0.1) is 0 Å². The Morgan fingerprint density at radius 2 is 2.17 bits per heavy atom. The van der Waals surface area contributed by atoms with Gasteiger partial charge in [0.1, 0.15) is 16.4 Å². The number of benzene rings is 1. The molecule has 0 radical (unpaired) electrons. The summed E-state index contributed by atoms with van der Waals surface area (Å²) in [4.78, 5) is 0.127. The average Bonchev–Trinajstić information content (AvgIpc) is 3.12. The Balaban J connectivity index is 2.44. The lowest BCUT2D eigenvalue weighted by molar-refractivity contribution is 0.417. The summed E-state index contributed by atoms with van der Waals surface area (Å²) in [6.45, 7) is 0. The van der Waals surface area contributed by atoms with Crippen molar-refractivity contribution in [3.8, 4) is 5.75 Å². The Labute approximate surface area is 111 Å². The molecular formula is C11H14N2O3S2. The van der Waals surface area contributed by atoms with Gasteiger partial charge < -0.3 is 10.5 Å². The molecule has 0 unspecified atom stereocenters. The third-order valence-corrected chi connectivity index (χ3v) is 4.78. The van der Waals surface area contributed by atoms with Gasteiger partial charge in [0, 0.05) is 5.56 Å². The van der Waals surface area contributed by atoms with Crippen LogP contribution in [0.4, 0.5) is 5.69 Å². The number of thiocarbonyl (C=S) groups is 1. The molecule has 5 nitrogen and oxygen atoms in total. The molecule has 18 heavy (non-hydrogen) atoms. The first kappa shape index (κ1) is 13.1. The van der Waals surface area contributed by atoms with E-state index in [1.54, 1.807) is 18.2 Å². The van der Waals surface area contributed by atoms with E-state index in [2.05, 4.69) is 4.72 Å². The van der Waals surface area contributed by atoms with Gasteiger partial charge in [0.05, 0.1) is 12.4 Å². The fraction of sp³-hybridized carbons (Fsp3) is 0.364. The Morgan fingerprint density at radius 3 is 2.67 bits per heavy atom. The van der Waals surface area contributed by atoms with Crippen molar-refractivity contribution < 1.29 is 13.2 Å². The summed E-state index contributed by atoms with van der Waals surface area (Å²) in [5, 5.41) is -0.318. The number of ether oxygens (including phenoxy) is 1. The van der Waals surface area contributed by atoms with Crippen molar-refractivity contribution in [2.75, 3.05) is 11.8 Å². The highest BCUT2D eigenvalue weighted by atomic mass is 32.2. The molecule has 3 N–H and O–H groups in total. The maximum Gasteiger partial charge on any atom is 0.235 e. The first-order valence-electron chi connectivity index (χ1n) is 5.44. The highest BCUT2D eigenvalue weighted by Gasteiger charge is 2.36. The van der Waals surface area contributed by atoms with Gasteiger partial charge >= 0.3 is 0 Å². The van der Waals surface area contributed by atoms with Gasteiger partial charge in [0.25, 0.3) is 0 Å². The minimum Gasteiger partial charge on any atom is -0.495 e. The van der Waals surface area contributed by atoms with Crippen molar-refractivity contribution in [1.82, 2.24) is 0 Å². The van der Waals surface area contributed by atoms with Gasteiger partial charge in [-0.25, -0.2) is 8.42 Å². The predicted molar refractivity (Wildman–Crippen MR) is 74.4 cm³/mol. The third kappa shape index (κ3) is 2.56. The maximum absolute atomic E-state index is 12.0. The van der Waals surface area contributed by atoms with E-state index in [-0.39, 0.29) is 10.2 Å². The van der Waals surface area contributed by atoms with Gasteiger partial charge in [0.2, 0.25) is 10.0 Å². The van der Waals surface area contributed by atoms with Gasteiger partial charge in [-0.1, -0.05) is 18.3 Å². The van der Waals surface area contributed by atoms with E-state index >= 15 is 0 Å². The quantitative estimate of drug-likeness (QED) is 0.796. The van der Waals surface area contributed by atoms with Crippen LogP contribution in [0.2, 0.25) is 0 Å². The van der Waals surface area contributed by atoms with Gasteiger partial charge in [-0.05, 0) is 25.0 Å². The van der Waals surface area contributed by atoms with Crippen LogP contribution in [0.3, 0.4) is 0 Å². The van der Waals surface area contributed by atoms with Crippen LogP contribution >= 0.6 is 12.2 Å². The molecule has 0 atom stereocenters. The van der Waals surface area contributed by atoms with Crippen molar-refractivity contribution in [2.24, 2.45) is 5.73 Å². The van der Waals surface area contributed by atoms with E-state index in [9.17, 15) is 8.42 Å². The van der Waals surface area contributed by atoms with Crippen molar-refractivity contribution in [3.05, 3.63) is 23.8 Å². The second-order valence-corrected chi connectivity index (χ2v) is 6.49. The first-order valence-corrected chi connectivity index (χ1v) is 7.39. The second kappa shape index (κ2) is 4.74. The van der Waals surface area contributed by atoms with E-state index in [0.717, 1.165) is 0 Å². The fourth-order valence-corrected chi connectivity index (χ4v) is 3.20. The number of hydrogen-bond acceptors (Lipinski definition) is 4. The van der Waals surface area contributed by atoms with Crippen molar-refractivity contribution in [1.29, 1.82) is 0 Å². The summed E-state index contributed by atoms with van der Waals surface area (Å²) in [5.41, 5.74) is 6.37. The molecule has 0 saturated heterocycles. The average molecular weight is 286 g/mol. The number of nitrogens with one attached hydrogen (secondary N) is 1. The number of anilines is 1. The fourth-order valence-electron chi connectivity index (χ4n) is 1.62. The van der Waals surface area contributed by atoms with Crippen molar-refractivity contribution in [3.63, 3.8) is 0 Å². The smallest absolute Gasteiger partial charge is 0.235 e. The Kier molecular flexibility index (Phi) is 3.45. The van der Waals surface area contributed by atoms with Crippen LogP contribution in [-0.4, -0.2) is 25.8 Å². The molecule has 1 aromatic rings. The molecule has 98 valence electrons. The molecule has 0 spiro atoms. The Hall–Kier alpha value is -1.34. The summed E-state index contributed by atoms with van der Waals surface area (Å²) in [6.07, 6.45) is 1.37. The Bertz CT molecular complexity index is 580. The SMILES string of the molecule is COc1cccc(C(N)=S)c1NS(=O)(=O)C1CC1. The first-order chi connectivity index (χ1) is 8.45. The summed E-state index contributed by atoms with van der Waals surface area (Å²) >= 11 is 4.91. The van der Waals surface area contributed by atoms with Crippen LogP contribution in [-0.2, 0) is 10.0 Å². The van der Waals surface area contributed by atoms with E-state index in [4.69, 9.17) is 22.7 Å². The normalized spacial score (nSPS) is 15.2. The third-order valence-electron chi connectivity index (χ3n) is 2.72. The highest BCUT2D eigenvalue weighted by Crippen LogP contribution is 2.34. The number of para-hydroxylation sites is 1. The van der Waals surface area contributed by atoms with Crippen molar-refractivity contribution >= 4 is 32.9 Å². The number of nitrogens with two attached hydrogens (primary N) is 1. The number of methoxy groups -OCH3 is 1. The standard InChI is InChI=1S/C11H14N2O3S2/c1-16-9-4-2-3-8(11(12)17)10(9)13-18(14,15)7-5-6-7/h2-4,7,13H,5-6H2,1H3,(H2,12,17). The minimum absolute atomic E-state index is 0.127. The predicted octanol–water partition coefficient (Wildman–Crippen LogP) is 1.23. The summed E-state index contributed by atoms with van der Waals surface area (Å²) in [6, 6.07) is 5.03. The zero-order valence-electron chi connectivity index (χ0n) is 9.84. The molecule has 1 saturated carbocycles. The summed E-state index contributed by atoms with van der Waals surface area (Å²) < 4.78 is 31.6. The molecule has 1 aliphatic rings. The largest absolute Gasteiger partial charge is 0.495 e. The van der Waals surface area contributed by atoms with E-state index in [1.807, 2.05) is 0 Å². The zero-order chi connectivity index (χ0) is 13.3. The summed E-state index contributed by atoms with van der Waals surface area (Å²) in [7, 11) is -1.91. The Morgan fingerprint density at radius 1 is 1.50 bits per heavy atom. The van der Waals surface area contributed by atoms with Crippen LogP contribution in [0.25, 0.3) is 0 Å². The monoisotopic (exact) mass is 286 g/mol. The van der Waals surface area contributed by atoms with Crippen LogP contribution in [0.5, 0.6) is 5.75 Å².